The molecule has 1 aliphatic carbocycles. The van der Waals surface area contributed by atoms with Crippen molar-refractivity contribution in [2.45, 2.75) is 47.0 Å². The van der Waals surface area contributed by atoms with Gasteiger partial charge in [0, 0.05) is 18.5 Å². The van der Waals surface area contributed by atoms with Crippen LogP contribution in [0.2, 0.25) is 0 Å². The van der Waals surface area contributed by atoms with Crippen LogP contribution in [0, 0.1) is 5.41 Å². The van der Waals surface area contributed by atoms with E-state index in [1.807, 2.05) is 30.6 Å². The molecule has 0 unspecified atom stereocenters. The van der Waals surface area contributed by atoms with Gasteiger partial charge in [0.25, 0.3) is 0 Å². The topological polar surface area (TPSA) is 50.2 Å². The highest BCUT2D eigenvalue weighted by Crippen LogP contribution is 2.44. The minimum atomic E-state index is -0.924. The maximum Gasteiger partial charge on any atom is 0.328 e. The van der Waals surface area contributed by atoms with Crippen molar-refractivity contribution in [1.29, 1.82) is 0 Å². The van der Waals surface area contributed by atoms with E-state index < -0.39 is 5.97 Å². The average molecular weight is 364 g/mol. The quantitative estimate of drug-likeness (QED) is 0.488. The minimum Gasteiger partial charge on any atom is -0.478 e. The van der Waals surface area contributed by atoms with Crippen LogP contribution in [0.25, 0.3) is 5.57 Å². The molecule has 0 saturated carbocycles. The van der Waals surface area contributed by atoms with Gasteiger partial charge >= 0.3 is 5.97 Å². The van der Waals surface area contributed by atoms with E-state index >= 15 is 0 Å². The first-order valence-corrected chi connectivity index (χ1v) is 9.38. The smallest absolute Gasteiger partial charge is 0.328 e. The van der Waals surface area contributed by atoms with Gasteiger partial charge in [0.1, 0.15) is 0 Å². The van der Waals surface area contributed by atoms with Crippen LogP contribution in [0.15, 0.2) is 77.7 Å². The number of carboxylic acids is 1. The third-order valence-corrected chi connectivity index (χ3v) is 4.88. The van der Waals surface area contributed by atoms with Gasteiger partial charge in [0.15, 0.2) is 0 Å². The van der Waals surface area contributed by atoms with Crippen molar-refractivity contribution in [1.82, 2.24) is 4.98 Å². The predicted octanol–water partition coefficient (Wildman–Crippen LogP) is 6.13. The lowest BCUT2D eigenvalue weighted by Crippen LogP contribution is -2.19. The zero-order chi connectivity index (χ0) is 19.9. The second-order valence-electron chi connectivity index (χ2n) is 7.70. The number of aliphatic carboxylic acids is 1. The lowest BCUT2D eigenvalue weighted by atomic mass is 9.71. The van der Waals surface area contributed by atoms with Crippen LogP contribution in [0.1, 0.15) is 52.5 Å². The van der Waals surface area contributed by atoms with E-state index in [-0.39, 0.29) is 5.41 Å². The number of carbonyl (C=O) groups is 1. The lowest BCUT2D eigenvalue weighted by Gasteiger charge is -2.34. The standard InChI is InChI=1S/C24H29NO2/c1-18(8-5-9-19(2)16-23(26)27)12-13-22-21(11-6-14-24(22,3)4)20-10-7-15-25-17-20/h5,7-10,12-13,15-17H,6,11,14H2,1-4H3,(H,26,27)/b9-5+,13-12+,18-8+,19-16+. The first-order valence-electron chi connectivity index (χ1n) is 9.38. The Morgan fingerprint density at radius 1 is 1.22 bits per heavy atom. The van der Waals surface area contributed by atoms with Crippen molar-refractivity contribution in [3.8, 4) is 0 Å². The molecule has 27 heavy (non-hydrogen) atoms. The maximum absolute atomic E-state index is 10.6. The molecule has 0 aliphatic heterocycles. The number of carboxylic acid groups (broad SMARTS) is 1. The Hall–Kier alpha value is -2.68. The summed E-state index contributed by atoms with van der Waals surface area (Å²) in [5, 5.41) is 8.74. The molecule has 0 amide bonds. The fraction of sp³-hybridized carbons (Fsp3) is 0.333. The van der Waals surface area contributed by atoms with Gasteiger partial charge in [-0.25, -0.2) is 4.79 Å². The summed E-state index contributed by atoms with van der Waals surface area (Å²) in [4.78, 5) is 14.9. The normalized spacial score (nSPS) is 18.5. The summed E-state index contributed by atoms with van der Waals surface area (Å²) in [6.45, 7) is 8.44. The molecule has 3 heteroatoms. The van der Waals surface area contributed by atoms with Gasteiger partial charge in [-0.05, 0) is 66.9 Å². The van der Waals surface area contributed by atoms with Crippen LogP contribution in [-0.2, 0) is 4.79 Å². The summed E-state index contributed by atoms with van der Waals surface area (Å²) >= 11 is 0. The monoisotopic (exact) mass is 363 g/mol. The molecular formula is C24H29NO2. The first kappa shape index (κ1) is 20.6. The predicted molar refractivity (Wildman–Crippen MR) is 112 cm³/mol. The molecule has 142 valence electrons. The van der Waals surface area contributed by atoms with Crippen LogP contribution in [0.3, 0.4) is 0 Å². The Balaban J connectivity index is 2.27. The fourth-order valence-corrected chi connectivity index (χ4v) is 3.42. The molecular weight excluding hydrogens is 334 g/mol. The van der Waals surface area contributed by atoms with E-state index in [9.17, 15) is 4.79 Å². The van der Waals surface area contributed by atoms with Gasteiger partial charge < -0.3 is 5.11 Å². The third-order valence-electron chi connectivity index (χ3n) is 4.88. The number of rotatable bonds is 6. The molecule has 1 aromatic rings. The lowest BCUT2D eigenvalue weighted by molar-refractivity contribution is -0.131. The van der Waals surface area contributed by atoms with Crippen LogP contribution in [-0.4, -0.2) is 16.1 Å². The summed E-state index contributed by atoms with van der Waals surface area (Å²) in [7, 11) is 0. The van der Waals surface area contributed by atoms with Crippen molar-refractivity contribution < 1.29 is 9.90 Å². The highest BCUT2D eigenvalue weighted by molar-refractivity contribution is 5.81. The summed E-state index contributed by atoms with van der Waals surface area (Å²) < 4.78 is 0. The maximum atomic E-state index is 10.6. The number of allylic oxidation sites excluding steroid dienone is 9. The molecule has 0 aromatic carbocycles. The molecule has 0 radical (unpaired) electrons. The van der Waals surface area contributed by atoms with Gasteiger partial charge in [-0.15, -0.1) is 0 Å². The number of nitrogens with zero attached hydrogens (tertiary/aromatic N) is 1. The van der Waals surface area contributed by atoms with Crippen molar-refractivity contribution >= 4 is 11.5 Å². The molecule has 0 saturated heterocycles. The van der Waals surface area contributed by atoms with E-state index in [1.165, 1.54) is 35.6 Å². The summed E-state index contributed by atoms with van der Waals surface area (Å²) in [6.07, 6.45) is 18.5. The molecule has 1 aromatic heterocycles. The summed E-state index contributed by atoms with van der Waals surface area (Å²) in [6, 6.07) is 4.13. The molecule has 3 nitrogen and oxygen atoms in total. The number of aromatic nitrogens is 1. The third kappa shape index (κ3) is 6.21. The second kappa shape index (κ2) is 9.31. The molecule has 0 spiro atoms. The van der Waals surface area contributed by atoms with Crippen LogP contribution in [0.4, 0.5) is 0 Å². The van der Waals surface area contributed by atoms with Crippen LogP contribution >= 0.6 is 0 Å². The van der Waals surface area contributed by atoms with E-state index in [0.717, 1.165) is 12.0 Å². The minimum absolute atomic E-state index is 0.136. The van der Waals surface area contributed by atoms with Crippen molar-refractivity contribution in [3.63, 3.8) is 0 Å². The number of hydrogen-bond acceptors (Lipinski definition) is 2. The Bertz CT molecular complexity index is 821. The molecule has 1 heterocycles. The van der Waals surface area contributed by atoms with Gasteiger partial charge in [-0.2, -0.15) is 0 Å². The second-order valence-corrected chi connectivity index (χ2v) is 7.70. The van der Waals surface area contributed by atoms with Gasteiger partial charge in [-0.3, -0.25) is 4.98 Å². The summed E-state index contributed by atoms with van der Waals surface area (Å²) in [5.74, 6) is -0.924. The largest absolute Gasteiger partial charge is 0.478 e. The van der Waals surface area contributed by atoms with Crippen LogP contribution < -0.4 is 0 Å². The summed E-state index contributed by atoms with van der Waals surface area (Å²) in [5.41, 5.74) is 5.94. The fourth-order valence-electron chi connectivity index (χ4n) is 3.42. The molecule has 2 rings (SSSR count). The van der Waals surface area contributed by atoms with Gasteiger partial charge in [0.2, 0.25) is 0 Å². The molecule has 0 fully saturated rings. The molecule has 0 atom stereocenters. The van der Waals surface area contributed by atoms with Crippen LogP contribution in [0.5, 0.6) is 0 Å². The van der Waals surface area contributed by atoms with Crippen molar-refractivity contribution in [2.24, 2.45) is 5.41 Å². The average Bonchev–Trinajstić information content (AvgIpc) is 2.60. The zero-order valence-electron chi connectivity index (χ0n) is 16.7. The van der Waals surface area contributed by atoms with E-state index in [4.69, 9.17) is 5.11 Å². The van der Waals surface area contributed by atoms with E-state index in [0.29, 0.717) is 5.57 Å². The number of hydrogen-bond donors (Lipinski definition) is 1. The highest BCUT2D eigenvalue weighted by Gasteiger charge is 2.28. The molecule has 1 N–H and O–H groups in total. The van der Waals surface area contributed by atoms with Crippen molar-refractivity contribution in [3.05, 3.63) is 83.3 Å². The Morgan fingerprint density at radius 2 is 2.00 bits per heavy atom. The molecule has 1 aliphatic rings. The first-order chi connectivity index (χ1) is 12.8. The van der Waals surface area contributed by atoms with E-state index in [2.05, 4.69) is 44.0 Å². The zero-order valence-corrected chi connectivity index (χ0v) is 16.7. The van der Waals surface area contributed by atoms with E-state index in [1.54, 1.807) is 13.0 Å². The van der Waals surface area contributed by atoms with Gasteiger partial charge in [-0.1, -0.05) is 55.9 Å². The highest BCUT2D eigenvalue weighted by atomic mass is 16.4. The van der Waals surface area contributed by atoms with Gasteiger partial charge in [0.05, 0.1) is 0 Å². The van der Waals surface area contributed by atoms with Crippen molar-refractivity contribution in [2.75, 3.05) is 0 Å². The Morgan fingerprint density at radius 3 is 2.67 bits per heavy atom. The Labute approximate surface area is 162 Å². The SMILES string of the molecule is CC(/C=C/C1=C(c2cccnc2)CCCC1(C)C)=C\C=C\C(C)=C\C(=O)O. The number of pyridine rings is 1. The molecule has 0 bridgehead atoms. The Kier molecular flexibility index (Phi) is 7.12.